The lowest BCUT2D eigenvalue weighted by Crippen LogP contribution is -2.35. The third-order valence-corrected chi connectivity index (χ3v) is 4.87. The van der Waals surface area contributed by atoms with Crippen molar-refractivity contribution in [2.75, 3.05) is 25.0 Å². The topological polar surface area (TPSA) is 40.6 Å². The van der Waals surface area contributed by atoms with E-state index >= 15 is 0 Å². The van der Waals surface area contributed by atoms with Gasteiger partial charge in [-0.15, -0.1) is 0 Å². The largest absolute Gasteiger partial charge is 0.342 e. The Labute approximate surface area is 153 Å². The summed E-state index contributed by atoms with van der Waals surface area (Å²) in [5.41, 5.74) is 1.98. The average molecular weight is 357 g/mol. The molecular formula is C20H21ClN2O2. The predicted octanol–water partition coefficient (Wildman–Crippen LogP) is 3.39. The molecule has 0 spiro atoms. The summed E-state index contributed by atoms with van der Waals surface area (Å²) >= 11 is 5.89. The summed E-state index contributed by atoms with van der Waals surface area (Å²) < 4.78 is 0. The quantitative estimate of drug-likeness (QED) is 0.823. The molecule has 1 unspecified atom stereocenters. The van der Waals surface area contributed by atoms with Crippen molar-refractivity contribution in [3.05, 3.63) is 65.2 Å². The van der Waals surface area contributed by atoms with Crippen molar-refractivity contribution in [1.82, 2.24) is 4.90 Å². The van der Waals surface area contributed by atoms with Gasteiger partial charge in [0.2, 0.25) is 11.8 Å². The first-order valence-electron chi connectivity index (χ1n) is 8.39. The summed E-state index contributed by atoms with van der Waals surface area (Å²) in [6, 6.07) is 17.1. The van der Waals surface area contributed by atoms with E-state index in [0.29, 0.717) is 18.1 Å². The molecular weight excluding hydrogens is 336 g/mol. The van der Waals surface area contributed by atoms with E-state index in [1.54, 1.807) is 16.8 Å². The SMILES string of the molecule is CN(C(=O)C1CC(=O)N(CCc2ccc(Cl)cc2)C1)c1ccccc1. The molecule has 1 atom stereocenters. The van der Waals surface area contributed by atoms with E-state index < -0.39 is 0 Å². The Bertz CT molecular complexity index is 746. The predicted molar refractivity (Wildman–Crippen MR) is 99.7 cm³/mol. The van der Waals surface area contributed by atoms with Gasteiger partial charge in [-0.25, -0.2) is 0 Å². The standard InChI is InChI=1S/C20H21ClN2O2/c1-22(18-5-3-2-4-6-18)20(25)16-13-19(24)23(14-16)12-11-15-7-9-17(21)10-8-15/h2-10,16H,11-14H2,1H3. The number of carbonyl (C=O) groups excluding carboxylic acids is 2. The third kappa shape index (κ3) is 4.20. The molecule has 0 N–H and O–H groups in total. The number of likely N-dealkylation sites (tertiary alicyclic amines) is 1. The molecule has 1 aliphatic rings. The van der Waals surface area contributed by atoms with E-state index in [2.05, 4.69) is 0 Å². The Morgan fingerprint density at radius 2 is 1.84 bits per heavy atom. The van der Waals surface area contributed by atoms with Gasteiger partial charge < -0.3 is 9.80 Å². The van der Waals surface area contributed by atoms with Crippen LogP contribution in [0.2, 0.25) is 5.02 Å². The highest BCUT2D eigenvalue weighted by molar-refractivity contribution is 6.30. The van der Waals surface area contributed by atoms with Crippen molar-refractivity contribution in [1.29, 1.82) is 0 Å². The maximum absolute atomic E-state index is 12.7. The molecule has 0 aliphatic carbocycles. The number of hydrogen-bond acceptors (Lipinski definition) is 2. The molecule has 5 heteroatoms. The number of anilines is 1. The number of benzene rings is 2. The zero-order chi connectivity index (χ0) is 17.8. The minimum atomic E-state index is -0.275. The first-order chi connectivity index (χ1) is 12.0. The highest BCUT2D eigenvalue weighted by Crippen LogP contribution is 2.23. The number of nitrogens with zero attached hydrogens (tertiary/aromatic N) is 2. The van der Waals surface area contributed by atoms with Gasteiger partial charge in [0.25, 0.3) is 0 Å². The molecule has 0 saturated carbocycles. The summed E-state index contributed by atoms with van der Waals surface area (Å²) in [5, 5.41) is 0.704. The van der Waals surface area contributed by atoms with E-state index in [0.717, 1.165) is 17.7 Å². The second-order valence-electron chi connectivity index (χ2n) is 6.35. The second kappa shape index (κ2) is 7.70. The molecule has 4 nitrogen and oxygen atoms in total. The van der Waals surface area contributed by atoms with Gasteiger partial charge in [0, 0.05) is 37.3 Å². The molecule has 3 rings (SSSR count). The molecule has 1 fully saturated rings. The molecule has 1 aliphatic heterocycles. The lowest BCUT2D eigenvalue weighted by molar-refractivity contribution is -0.128. The van der Waals surface area contributed by atoms with Gasteiger partial charge in [0.1, 0.15) is 0 Å². The molecule has 2 amide bonds. The van der Waals surface area contributed by atoms with Crippen LogP contribution in [-0.2, 0) is 16.0 Å². The molecule has 130 valence electrons. The molecule has 25 heavy (non-hydrogen) atoms. The number of carbonyl (C=O) groups is 2. The minimum Gasteiger partial charge on any atom is -0.342 e. The van der Waals surface area contributed by atoms with E-state index in [1.165, 1.54) is 0 Å². The first-order valence-corrected chi connectivity index (χ1v) is 8.77. The molecule has 1 heterocycles. The number of para-hydroxylation sites is 1. The van der Waals surface area contributed by atoms with Crippen molar-refractivity contribution in [3.8, 4) is 0 Å². The van der Waals surface area contributed by atoms with Crippen LogP contribution in [0.3, 0.4) is 0 Å². The van der Waals surface area contributed by atoms with Crippen LogP contribution in [0.5, 0.6) is 0 Å². The van der Waals surface area contributed by atoms with Crippen molar-refractivity contribution in [2.45, 2.75) is 12.8 Å². The van der Waals surface area contributed by atoms with Crippen LogP contribution < -0.4 is 4.90 Å². The molecule has 2 aromatic carbocycles. The fraction of sp³-hybridized carbons (Fsp3) is 0.300. The number of amides is 2. The first kappa shape index (κ1) is 17.5. The van der Waals surface area contributed by atoms with Gasteiger partial charge in [-0.05, 0) is 36.2 Å². The maximum Gasteiger partial charge on any atom is 0.232 e. The molecule has 1 saturated heterocycles. The Balaban J connectivity index is 1.58. The summed E-state index contributed by atoms with van der Waals surface area (Å²) in [5.74, 6) is -0.231. The van der Waals surface area contributed by atoms with E-state index in [9.17, 15) is 9.59 Å². The smallest absolute Gasteiger partial charge is 0.232 e. The monoisotopic (exact) mass is 356 g/mol. The fourth-order valence-electron chi connectivity index (χ4n) is 3.12. The van der Waals surface area contributed by atoms with Crippen LogP contribution >= 0.6 is 11.6 Å². The summed E-state index contributed by atoms with van der Waals surface area (Å²) in [6.45, 7) is 1.11. The average Bonchev–Trinajstić information content (AvgIpc) is 3.01. The Morgan fingerprint density at radius 3 is 2.52 bits per heavy atom. The van der Waals surface area contributed by atoms with Crippen LogP contribution in [0.25, 0.3) is 0 Å². The van der Waals surface area contributed by atoms with E-state index in [4.69, 9.17) is 11.6 Å². The van der Waals surface area contributed by atoms with Gasteiger partial charge in [-0.3, -0.25) is 9.59 Å². The van der Waals surface area contributed by atoms with E-state index in [-0.39, 0.29) is 24.2 Å². The van der Waals surface area contributed by atoms with Crippen molar-refractivity contribution < 1.29 is 9.59 Å². The summed E-state index contributed by atoms with van der Waals surface area (Å²) in [6.07, 6.45) is 1.05. The van der Waals surface area contributed by atoms with Crippen molar-refractivity contribution in [3.63, 3.8) is 0 Å². The Kier molecular flexibility index (Phi) is 5.39. The molecule has 2 aromatic rings. The molecule has 0 aromatic heterocycles. The van der Waals surface area contributed by atoms with Crippen LogP contribution in [0, 0.1) is 5.92 Å². The normalized spacial score (nSPS) is 17.0. The Morgan fingerprint density at radius 1 is 1.16 bits per heavy atom. The number of hydrogen-bond donors (Lipinski definition) is 0. The van der Waals surface area contributed by atoms with Crippen molar-refractivity contribution in [2.24, 2.45) is 5.92 Å². The summed E-state index contributed by atoms with van der Waals surface area (Å²) in [7, 11) is 1.76. The lowest BCUT2D eigenvalue weighted by Gasteiger charge is -2.21. The van der Waals surface area contributed by atoms with Gasteiger partial charge >= 0.3 is 0 Å². The summed E-state index contributed by atoms with van der Waals surface area (Å²) in [4.78, 5) is 28.4. The van der Waals surface area contributed by atoms with Crippen LogP contribution in [0.15, 0.2) is 54.6 Å². The van der Waals surface area contributed by atoms with Crippen LogP contribution in [0.1, 0.15) is 12.0 Å². The highest BCUT2D eigenvalue weighted by Gasteiger charge is 2.35. The van der Waals surface area contributed by atoms with Crippen molar-refractivity contribution >= 4 is 29.1 Å². The second-order valence-corrected chi connectivity index (χ2v) is 6.79. The van der Waals surface area contributed by atoms with Gasteiger partial charge in [-0.2, -0.15) is 0 Å². The number of rotatable bonds is 5. The zero-order valence-corrected chi connectivity index (χ0v) is 14.9. The van der Waals surface area contributed by atoms with Crippen LogP contribution in [0.4, 0.5) is 5.69 Å². The lowest BCUT2D eigenvalue weighted by atomic mass is 10.1. The maximum atomic E-state index is 12.7. The molecule has 0 radical (unpaired) electrons. The molecule has 0 bridgehead atoms. The minimum absolute atomic E-state index is 0.00598. The highest BCUT2D eigenvalue weighted by atomic mass is 35.5. The third-order valence-electron chi connectivity index (χ3n) is 4.62. The Hall–Kier alpha value is -2.33. The van der Waals surface area contributed by atoms with Gasteiger partial charge in [0.15, 0.2) is 0 Å². The fourth-order valence-corrected chi connectivity index (χ4v) is 3.25. The van der Waals surface area contributed by atoms with Gasteiger partial charge in [0.05, 0.1) is 5.92 Å². The van der Waals surface area contributed by atoms with Crippen LogP contribution in [-0.4, -0.2) is 36.9 Å². The zero-order valence-electron chi connectivity index (χ0n) is 14.2. The van der Waals surface area contributed by atoms with Gasteiger partial charge in [-0.1, -0.05) is 41.9 Å². The van der Waals surface area contributed by atoms with E-state index in [1.807, 2.05) is 54.6 Å². The number of halogens is 1.